The highest BCUT2D eigenvalue weighted by Crippen LogP contribution is 2.48. The molecular weight excluding hydrogens is 541 g/mol. The summed E-state index contributed by atoms with van der Waals surface area (Å²) < 4.78 is 94.3. The van der Waals surface area contributed by atoms with Gasteiger partial charge in [0, 0.05) is 42.8 Å². The van der Waals surface area contributed by atoms with E-state index >= 15 is 0 Å². The summed E-state index contributed by atoms with van der Waals surface area (Å²) in [6.07, 6.45) is -4.74. The molecule has 2 unspecified atom stereocenters. The van der Waals surface area contributed by atoms with Gasteiger partial charge in [0.25, 0.3) is 0 Å². The third-order valence-electron chi connectivity index (χ3n) is 6.89. The molecule has 0 radical (unpaired) electrons. The molecule has 208 valence electrons. The molecule has 40 heavy (non-hydrogen) atoms. The zero-order valence-electron chi connectivity index (χ0n) is 20.7. The second kappa shape index (κ2) is 10.00. The fraction of sp³-hybridized carbons (Fsp3) is 0.214. The lowest BCUT2D eigenvalue weighted by molar-refractivity contribution is -0.138. The molecule has 0 aliphatic carbocycles. The minimum Gasteiger partial charge on any atom is -0.373 e. The van der Waals surface area contributed by atoms with Crippen LogP contribution in [0.15, 0.2) is 73.1 Å². The third-order valence-corrected chi connectivity index (χ3v) is 6.89. The SMILES string of the molecule is CNc1cc(C2=C(c3ccc(C(F)(F)F)cc3)C3C(=O)NC=CC3N2Cc2ccc(C(F)(F)F)cc2F)ccn1. The third kappa shape index (κ3) is 5.01. The van der Waals surface area contributed by atoms with Crippen LogP contribution < -0.4 is 10.6 Å². The van der Waals surface area contributed by atoms with E-state index in [0.717, 1.165) is 24.3 Å². The van der Waals surface area contributed by atoms with Crippen molar-refractivity contribution in [1.29, 1.82) is 0 Å². The average Bonchev–Trinajstić information content (AvgIpc) is 3.24. The van der Waals surface area contributed by atoms with Gasteiger partial charge in [-0.3, -0.25) is 4.79 Å². The van der Waals surface area contributed by atoms with E-state index in [2.05, 4.69) is 15.6 Å². The van der Waals surface area contributed by atoms with Gasteiger partial charge in [-0.15, -0.1) is 0 Å². The maximum absolute atomic E-state index is 15.0. The maximum atomic E-state index is 15.0. The molecule has 5 rings (SSSR count). The van der Waals surface area contributed by atoms with Crippen molar-refractivity contribution in [2.24, 2.45) is 5.92 Å². The number of carbonyl (C=O) groups is 1. The molecule has 0 saturated heterocycles. The van der Waals surface area contributed by atoms with E-state index in [1.165, 1.54) is 24.5 Å². The molecule has 0 bridgehead atoms. The van der Waals surface area contributed by atoms with Gasteiger partial charge in [0.1, 0.15) is 11.6 Å². The Balaban J connectivity index is 1.70. The average molecular weight is 562 g/mol. The molecule has 1 amide bonds. The molecule has 2 aliphatic rings. The minimum atomic E-state index is -4.73. The van der Waals surface area contributed by atoms with E-state index in [1.807, 2.05) is 0 Å². The first kappa shape index (κ1) is 27.2. The van der Waals surface area contributed by atoms with Crippen LogP contribution in [0.25, 0.3) is 11.3 Å². The number of hydrogen-bond donors (Lipinski definition) is 2. The van der Waals surface area contributed by atoms with Gasteiger partial charge < -0.3 is 15.5 Å². The normalized spacial score (nSPS) is 19.1. The van der Waals surface area contributed by atoms with Gasteiger partial charge in [-0.2, -0.15) is 26.3 Å². The van der Waals surface area contributed by atoms with Gasteiger partial charge in [0.05, 0.1) is 23.1 Å². The van der Waals surface area contributed by atoms with Crippen LogP contribution in [0.1, 0.15) is 27.8 Å². The zero-order valence-corrected chi connectivity index (χ0v) is 20.7. The number of amides is 1. The Hall–Kier alpha value is -4.35. The quantitative estimate of drug-likeness (QED) is 0.358. The van der Waals surface area contributed by atoms with Gasteiger partial charge in [0.15, 0.2) is 0 Å². The first-order valence-corrected chi connectivity index (χ1v) is 12.0. The van der Waals surface area contributed by atoms with Crippen LogP contribution in [0.3, 0.4) is 0 Å². The molecule has 2 atom stereocenters. The van der Waals surface area contributed by atoms with Crippen molar-refractivity contribution in [1.82, 2.24) is 15.2 Å². The summed E-state index contributed by atoms with van der Waals surface area (Å²) in [7, 11) is 1.64. The molecule has 0 spiro atoms. The number of anilines is 1. The Morgan fingerprint density at radius 1 is 0.925 bits per heavy atom. The van der Waals surface area contributed by atoms with Crippen LogP contribution in [-0.2, 0) is 23.7 Å². The smallest absolute Gasteiger partial charge is 0.373 e. The van der Waals surface area contributed by atoms with E-state index in [1.54, 1.807) is 30.2 Å². The minimum absolute atomic E-state index is 0.0554. The molecule has 12 heteroatoms. The maximum Gasteiger partial charge on any atom is 0.416 e. The van der Waals surface area contributed by atoms with Crippen molar-refractivity contribution in [2.75, 3.05) is 12.4 Å². The fourth-order valence-electron chi connectivity index (χ4n) is 5.03. The highest BCUT2D eigenvalue weighted by atomic mass is 19.4. The Kier molecular flexibility index (Phi) is 6.80. The lowest BCUT2D eigenvalue weighted by atomic mass is 9.86. The Morgan fingerprint density at radius 3 is 2.23 bits per heavy atom. The van der Waals surface area contributed by atoms with Gasteiger partial charge >= 0.3 is 12.4 Å². The molecule has 2 N–H and O–H groups in total. The standard InChI is InChI=1S/C28H21F7N4O/c1-36-22-12-16(8-10-37-22)25-23(15-2-5-18(6-3-15)27(30,31)32)24-21(9-11-38-26(24)40)39(25)14-17-4-7-19(13-20(17)29)28(33,34)35/h2-13,21,24H,14H2,1H3,(H,36,37)(H,38,40). The van der Waals surface area contributed by atoms with Crippen molar-refractivity contribution in [2.45, 2.75) is 24.9 Å². The molecular formula is C28H21F7N4O. The summed E-state index contributed by atoms with van der Waals surface area (Å²) in [4.78, 5) is 19.0. The first-order chi connectivity index (χ1) is 18.9. The van der Waals surface area contributed by atoms with Crippen LogP contribution >= 0.6 is 0 Å². The van der Waals surface area contributed by atoms with Crippen LogP contribution in [0, 0.1) is 11.7 Å². The molecule has 0 fully saturated rings. The largest absolute Gasteiger partial charge is 0.416 e. The summed E-state index contributed by atoms with van der Waals surface area (Å²) in [5, 5.41) is 5.52. The Morgan fingerprint density at radius 2 is 1.60 bits per heavy atom. The van der Waals surface area contributed by atoms with Crippen LogP contribution in [-0.4, -0.2) is 28.9 Å². The molecule has 2 aliphatic heterocycles. The fourth-order valence-corrected chi connectivity index (χ4v) is 5.03. The van der Waals surface area contributed by atoms with Gasteiger partial charge in [-0.25, -0.2) is 9.37 Å². The number of halogens is 7. The lowest BCUT2D eigenvalue weighted by Crippen LogP contribution is -2.42. The molecule has 1 aromatic heterocycles. The number of hydrogen-bond acceptors (Lipinski definition) is 4. The van der Waals surface area contributed by atoms with Gasteiger partial charge in [-0.1, -0.05) is 18.2 Å². The molecule has 5 nitrogen and oxygen atoms in total. The number of pyridine rings is 1. The number of rotatable bonds is 5. The van der Waals surface area contributed by atoms with Crippen LogP contribution in [0.4, 0.5) is 36.6 Å². The highest BCUT2D eigenvalue weighted by molar-refractivity contribution is 6.05. The topological polar surface area (TPSA) is 57.3 Å². The number of nitrogens with one attached hydrogen (secondary N) is 2. The molecule has 0 saturated carbocycles. The van der Waals surface area contributed by atoms with Gasteiger partial charge in [0.2, 0.25) is 5.91 Å². The summed E-state index contributed by atoms with van der Waals surface area (Å²) in [6, 6.07) is 9.19. The Bertz CT molecular complexity index is 1510. The summed E-state index contributed by atoms with van der Waals surface area (Å²) >= 11 is 0. The second-order valence-electron chi connectivity index (χ2n) is 9.28. The van der Waals surface area contributed by atoms with Crippen molar-refractivity contribution >= 4 is 23.0 Å². The zero-order chi connectivity index (χ0) is 28.8. The Labute approximate surface area is 224 Å². The van der Waals surface area contributed by atoms with Crippen molar-refractivity contribution in [3.63, 3.8) is 0 Å². The van der Waals surface area contributed by atoms with Crippen LogP contribution in [0.2, 0.25) is 0 Å². The van der Waals surface area contributed by atoms with E-state index in [0.29, 0.717) is 34.3 Å². The summed E-state index contributed by atoms with van der Waals surface area (Å²) in [6.45, 7) is -0.223. The van der Waals surface area contributed by atoms with E-state index < -0.39 is 47.2 Å². The molecule has 3 aromatic rings. The predicted molar refractivity (Wildman–Crippen MR) is 134 cm³/mol. The van der Waals surface area contributed by atoms with E-state index in [9.17, 15) is 35.5 Å². The van der Waals surface area contributed by atoms with Crippen molar-refractivity contribution in [3.8, 4) is 0 Å². The summed E-state index contributed by atoms with van der Waals surface area (Å²) in [5.41, 5.74) is -0.403. The lowest BCUT2D eigenvalue weighted by Gasteiger charge is -2.32. The summed E-state index contributed by atoms with van der Waals surface area (Å²) in [5.74, 6) is -1.96. The number of alkyl halides is 6. The predicted octanol–water partition coefficient (Wildman–Crippen LogP) is 6.31. The molecule has 3 heterocycles. The van der Waals surface area contributed by atoms with Crippen molar-refractivity contribution in [3.05, 3.63) is 107 Å². The highest BCUT2D eigenvalue weighted by Gasteiger charge is 2.46. The number of fused-ring (bicyclic) bond motifs is 1. The van der Waals surface area contributed by atoms with E-state index in [-0.39, 0.29) is 12.1 Å². The monoisotopic (exact) mass is 562 g/mol. The van der Waals surface area contributed by atoms with Crippen molar-refractivity contribution < 1.29 is 35.5 Å². The number of nitrogens with zero attached hydrogens (tertiary/aromatic N) is 2. The number of benzene rings is 2. The molecule has 2 aromatic carbocycles. The number of aromatic nitrogens is 1. The van der Waals surface area contributed by atoms with Crippen LogP contribution in [0.5, 0.6) is 0 Å². The number of carbonyl (C=O) groups excluding carboxylic acids is 1. The van der Waals surface area contributed by atoms with E-state index in [4.69, 9.17) is 0 Å². The first-order valence-electron chi connectivity index (χ1n) is 12.0. The second-order valence-corrected chi connectivity index (χ2v) is 9.28. The van der Waals surface area contributed by atoms with Gasteiger partial charge in [-0.05, 0) is 53.6 Å².